The monoisotopic (exact) mass is 592 g/mol. The first-order valence-electron chi connectivity index (χ1n) is 14.0. The van der Waals surface area contributed by atoms with Crippen LogP contribution < -0.4 is 10.6 Å². The molecule has 2 fully saturated rings. The molecule has 2 aromatic rings. The lowest BCUT2D eigenvalue weighted by atomic mass is 9.94. The smallest absolute Gasteiger partial charge is 0.243 e. The summed E-state index contributed by atoms with van der Waals surface area (Å²) in [6, 6.07) is 7.85. The van der Waals surface area contributed by atoms with Crippen LogP contribution in [0.5, 0.6) is 0 Å². The number of halogens is 2. The molecule has 2 unspecified atom stereocenters. The predicted molar refractivity (Wildman–Crippen MR) is 149 cm³/mol. The number of carbonyl (C=O) groups excluding carboxylic acids is 2. The summed E-state index contributed by atoms with van der Waals surface area (Å²) in [7, 11) is -3.86. The van der Waals surface area contributed by atoms with E-state index in [1.54, 1.807) is 30.0 Å². The molecular weight excluding hydrogens is 554 g/mol. The Hall–Kier alpha value is -2.93. The van der Waals surface area contributed by atoms with E-state index in [0.717, 1.165) is 31.0 Å². The van der Waals surface area contributed by atoms with Crippen molar-refractivity contribution in [1.29, 1.82) is 0 Å². The number of aliphatic hydroxyl groups excluding tert-OH is 1. The van der Waals surface area contributed by atoms with Crippen LogP contribution in [0.1, 0.15) is 37.3 Å². The van der Waals surface area contributed by atoms with Crippen LogP contribution in [-0.4, -0.2) is 85.5 Å². The number of nitrogens with zero attached hydrogens (tertiary/aromatic N) is 2. The van der Waals surface area contributed by atoms with Crippen LogP contribution in [0.4, 0.5) is 8.78 Å². The van der Waals surface area contributed by atoms with E-state index in [4.69, 9.17) is 0 Å². The number of aliphatic hydroxyl groups is 1. The molecule has 41 heavy (non-hydrogen) atoms. The first-order chi connectivity index (χ1) is 19.5. The van der Waals surface area contributed by atoms with Gasteiger partial charge in [-0.25, -0.2) is 17.2 Å². The number of piperazine rings is 1. The normalized spacial score (nSPS) is 21.6. The van der Waals surface area contributed by atoms with Crippen LogP contribution in [0.15, 0.2) is 47.4 Å². The van der Waals surface area contributed by atoms with Gasteiger partial charge >= 0.3 is 0 Å². The minimum absolute atomic E-state index is 0.0388. The molecule has 0 spiro atoms. The maximum atomic E-state index is 14.0. The van der Waals surface area contributed by atoms with E-state index in [-0.39, 0.29) is 55.4 Å². The molecule has 4 atom stereocenters. The van der Waals surface area contributed by atoms with Gasteiger partial charge in [0.15, 0.2) is 0 Å². The number of sulfonamides is 1. The molecule has 0 aliphatic carbocycles. The third kappa shape index (κ3) is 7.48. The maximum Gasteiger partial charge on any atom is 0.243 e. The topological polar surface area (TPSA) is 119 Å². The van der Waals surface area contributed by atoms with Crippen molar-refractivity contribution in [3.05, 3.63) is 65.2 Å². The molecule has 2 heterocycles. The van der Waals surface area contributed by atoms with Gasteiger partial charge < -0.3 is 20.6 Å². The van der Waals surface area contributed by atoms with Gasteiger partial charge in [0, 0.05) is 51.3 Å². The van der Waals surface area contributed by atoms with Crippen molar-refractivity contribution in [3.63, 3.8) is 0 Å². The van der Waals surface area contributed by atoms with Crippen molar-refractivity contribution in [2.24, 2.45) is 5.92 Å². The maximum absolute atomic E-state index is 14.0. The summed E-state index contributed by atoms with van der Waals surface area (Å²) in [5, 5.41) is 17.4. The first kappa shape index (κ1) is 31.0. The van der Waals surface area contributed by atoms with Crippen molar-refractivity contribution in [1.82, 2.24) is 19.8 Å². The van der Waals surface area contributed by atoms with E-state index < -0.39 is 51.7 Å². The molecule has 0 bridgehead atoms. The van der Waals surface area contributed by atoms with Gasteiger partial charge in [0.2, 0.25) is 21.8 Å². The molecule has 2 saturated heterocycles. The molecule has 2 aliphatic rings. The van der Waals surface area contributed by atoms with Crippen LogP contribution in [0, 0.1) is 24.5 Å². The fraction of sp³-hybridized carbons (Fsp3) is 0.517. The van der Waals surface area contributed by atoms with E-state index >= 15 is 0 Å². The Morgan fingerprint density at radius 2 is 1.88 bits per heavy atom. The Morgan fingerprint density at radius 1 is 1.17 bits per heavy atom. The van der Waals surface area contributed by atoms with Gasteiger partial charge in [0.1, 0.15) is 11.6 Å². The molecule has 4 rings (SSSR count). The second-order valence-electron chi connectivity index (χ2n) is 10.9. The van der Waals surface area contributed by atoms with Gasteiger partial charge in [-0.2, -0.15) is 4.31 Å². The largest absolute Gasteiger partial charge is 0.389 e. The van der Waals surface area contributed by atoms with Crippen LogP contribution >= 0.6 is 0 Å². The van der Waals surface area contributed by atoms with E-state index in [9.17, 15) is 31.9 Å². The molecule has 2 aliphatic heterocycles. The van der Waals surface area contributed by atoms with Crippen LogP contribution in [0.25, 0.3) is 0 Å². The molecule has 3 N–H and O–H groups in total. The van der Waals surface area contributed by atoms with Gasteiger partial charge in [-0.05, 0) is 49.1 Å². The second kappa shape index (κ2) is 13.4. The average molecular weight is 593 g/mol. The number of amides is 2. The SMILES string of the molecule is CCCCN1CC(C(=O)NC(Cc2cc(F)cc(F)c2)[C@H](O)[C@H]2CN(S(=O)(=O)c3ccccc3C)CCN2)CC1=O. The summed E-state index contributed by atoms with van der Waals surface area (Å²) in [5.41, 5.74) is 0.819. The van der Waals surface area contributed by atoms with Crippen LogP contribution in [0.3, 0.4) is 0 Å². The fourth-order valence-electron chi connectivity index (χ4n) is 5.52. The zero-order valence-corrected chi connectivity index (χ0v) is 24.2. The predicted octanol–water partition coefficient (Wildman–Crippen LogP) is 1.97. The molecule has 12 heteroatoms. The molecule has 2 amide bonds. The summed E-state index contributed by atoms with van der Waals surface area (Å²) in [4.78, 5) is 27.6. The fourth-order valence-corrected chi connectivity index (χ4v) is 7.21. The molecule has 0 saturated carbocycles. The number of hydrogen-bond donors (Lipinski definition) is 3. The minimum atomic E-state index is -3.86. The summed E-state index contributed by atoms with van der Waals surface area (Å²) in [6.45, 7) is 4.90. The molecular formula is C29H38F2N4O5S. The van der Waals surface area contributed by atoms with Gasteiger partial charge in [0.25, 0.3) is 0 Å². The Morgan fingerprint density at radius 3 is 2.56 bits per heavy atom. The van der Waals surface area contributed by atoms with Crippen molar-refractivity contribution in [3.8, 4) is 0 Å². The lowest BCUT2D eigenvalue weighted by molar-refractivity contribution is -0.129. The molecule has 0 aromatic heterocycles. The Balaban J connectivity index is 1.54. The summed E-state index contributed by atoms with van der Waals surface area (Å²) < 4.78 is 56.1. The highest BCUT2D eigenvalue weighted by Gasteiger charge is 2.39. The van der Waals surface area contributed by atoms with E-state index in [0.29, 0.717) is 12.1 Å². The van der Waals surface area contributed by atoms with E-state index in [2.05, 4.69) is 10.6 Å². The first-order valence-corrected chi connectivity index (χ1v) is 15.4. The molecule has 0 radical (unpaired) electrons. The van der Waals surface area contributed by atoms with Crippen molar-refractivity contribution >= 4 is 21.8 Å². The lowest BCUT2D eigenvalue weighted by Crippen LogP contribution is -2.62. The number of rotatable bonds is 11. The average Bonchev–Trinajstić information content (AvgIpc) is 3.31. The second-order valence-corrected chi connectivity index (χ2v) is 12.8. The quantitative estimate of drug-likeness (QED) is 0.367. The Bertz CT molecular complexity index is 1340. The van der Waals surface area contributed by atoms with Crippen molar-refractivity contribution in [2.45, 2.75) is 62.6 Å². The van der Waals surface area contributed by atoms with Crippen molar-refractivity contribution < 1.29 is 31.9 Å². The zero-order valence-electron chi connectivity index (χ0n) is 23.4. The number of unbranched alkanes of at least 4 members (excludes halogenated alkanes) is 1. The third-order valence-electron chi connectivity index (χ3n) is 7.78. The summed E-state index contributed by atoms with van der Waals surface area (Å²) >= 11 is 0. The van der Waals surface area contributed by atoms with Gasteiger partial charge in [0.05, 0.1) is 23.0 Å². The van der Waals surface area contributed by atoms with Crippen LogP contribution in [-0.2, 0) is 26.0 Å². The lowest BCUT2D eigenvalue weighted by Gasteiger charge is -2.38. The van der Waals surface area contributed by atoms with Gasteiger partial charge in [-0.15, -0.1) is 0 Å². The van der Waals surface area contributed by atoms with Crippen molar-refractivity contribution in [2.75, 3.05) is 32.7 Å². The number of aryl methyl sites for hydroxylation is 1. The van der Waals surface area contributed by atoms with Crippen LogP contribution in [0.2, 0.25) is 0 Å². The van der Waals surface area contributed by atoms with Gasteiger partial charge in [-0.3, -0.25) is 9.59 Å². The number of hydrogen-bond acceptors (Lipinski definition) is 6. The standard InChI is InChI=1S/C29H38F2N4O5S/c1-3-4-10-34-17-21(15-27(34)36)29(38)33-24(14-20-12-22(30)16-23(31)13-20)28(37)25-18-35(11-9-32-25)41(39,40)26-8-6-5-7-19(26)2/h5-8,12-13,16,21,24-25,28,32,37H,3-4,9-11,14-15,17-18H2,1-2H3,(H,33,38)/t21?,24?,25-,28+/m1/s1. The third-order valence-corrected chi connectivity index (χ3v) is 9.80. The van der Waals surface area contributed by atoms with Gasteiger partial charge in [-0.1, -0.05) is 31.5 Å². The number of carbonyl (C=O) groups is 2. The minimum Gasteiger partial charge on any atom is -0.389 e. The molecule has 9 nitrogen and oxygen atoms in total. The molecule has 224 valence electrons. The zero-order chi connectivity index (χ0) is 29.7. The number of nitrogens with one attached hydrogen (secondary N) is 2. The highest BCUT2D eigenvalue weighted by Crippen LogP contribution is 2.24. The number of likely N-dealkylation sites (tertiary alicyclic amines) is 1. The van der Waals surface area contributed by atoms with E-state index in [1.165, 1.54) is 10.4 Å². The Labute approximate surface area is 240 Å². The number of benzene rings is 2. The summed E-state index contributed by atoms with van der Waals surface area (Å²) in [5.74, 6) is -2.78. The van der Waals surface area contributed by atoms with E-state index in [1.807, 2.05) is 6.92 Å². The Kier molecular flexibility index (Phi) is 10.1. The highest BCUT2D eigenvalue weighted by molar-refractivity contribution is 7.89. The molecule has 2 aromatic carbocycles. The summed E-state index contributed by atoms with van der Waals surface area (Å²) in [6.07, 6.45) is 0.349. The highest BCUT2D eigenvalue weighted by atomic mass is 32.2.